The molecule has 0 aromatic heterocycles. The molecule has 0 radical (unpaired) electrons. The first-order chi connectivity index (χ1) is 14.3. The Kier molecular flexibility index (Phi) is 6.25. The minimum atomic E-state index is -1.09. The first kappa shape index (κ1) is 21.4. The van der Waals surface area contributed by atoms with Gasteiger partial charge in [-0.3, -0.25) is 0 Å². The molecule has 6 nitrogen and oxygen atoms in total. The fourth-order valence-electron chi connectivity index (χ4n) is 4.40. The van der Waals surface area contributed by atoms with E-state index in [4.69, 9.17) is 18.9 Å². The molecule has 0 bridgehead atoms. The van der Waals surface area contributed by atoms with E-state index in [1.54, 1.807) is 0 Å². The van der Waals surface area contributed by atoms with Gasteiger partial charge in [0.2, 0.25) is 0 Å². The number of aliphatic hydroxyl groups excluding tert-OH is 2. The van der Waals surface area contributed by atoms with Gasteiger partial charge in [0.05, 0.1) is 13.2 Å². The molecule has 6 heteroatoms. The van der Waals surface area contributed by atoms with Crippen molar-refractivity contribution in [3.63, 3.8) is 0 Å². The van der Waals surface area contributed by atoms with Gasteiger partial charge in [0.15, 0.2) is 12.6 Å². The number of rotatable bonds is 4. The third kappa shape index (κ3) is 4.44. The largest absolute Gasteiger partial charge is 0.394 e. The van der Waals surface area contributed by atoms with Gasteiger partial charge in [-0.2, -0.15) is 0 Å². The van der Waals surface area contributed by atoms with E-state index in [2.05, 4.69) is 12.1 Å². The van der Waals surface area contributed by atoms with Crippen LogP contribution >= 0.6 is 0 Å². The molecular weight excluding hydrogens is 384 g/mol. The number of hydrogen-bond acceptors (Lipinski definition) is 6. The summed E-state index contributed by atoms with van der Waals surface area (Å²) in [6.45, 7) is 7.98. The highest BCUT2D eigenvalue weighted by Gasteiger charge is 2.48. The van der Waals surface area contributed by atoms with E-state index in [-0.39, 0.29) is 0 Å². The lowest BCUT2D eigenvalue weighted by molar-refractivity contribution is -0.373. The molecule has 2 fully saturated rings. The van der Waals surface area contributed by atoms with Crippen LogP contribution in [0.4, 0.5) is 0 Å². The summed E-state index contributed by atoms with van der Waals surface area (Å²) in [4.78, 5) is 0. The molecule has 2 aromatic carbocycles. The van der Waals surface area contributed by atoms with Crippen LogP contribution in [0.25, 0.3) is 0 Å². The highest BCUT2D eigenvalue weighted by atomic mass is 16.8. The molecule has 6 atom stereocenters. The van der Waals surface area contributed by atoms with Crippen LogP contribution in [-0.4, -0.2) is 47.8 Å². The molecule has 2 heterocycles. The van der Waals surface area contributed by atoms with Crippen LogP contribution in [0.2, 0.25) is 0 Å². The van der Waals surface area contributed by atoms with Gasteiger partial charge in [-0.15, -0.1) is 0 Å². The lowest BCUT2D eigenvalue weighted by atomic mass is 9.98. The predicted molar refractivity (Wildman–Crippen MR) is 111 cm³/mol. The van der Waals surface area contributed by atoms with E-state index in [0.29, 0.717) is 6.61 Å². The van der Waals surface area contributed by atoms with E-state index in [0.717, 1.165) is 33.4 Å². The summed E-state index contributed by atoms with van der Waals surface area (Å²) in [5, 5.41) is 20.1. The van der Waals surface area contributed by atoms with Crippen LogP contribution in [-0.2, 0) is 18.9 Å². The van der Waals surface area contributed by atoms with Gasteiger partial charge in [0.1, 0.15) is 24.4 Å². The molecule has 2 aliphatic rings. The molecule has 162 valence electrons. The highest BCUT2D eigenvalue weighted by molar-refractivity contribution is 5.30. The normalized spacial score (nSPS) is 30.0. The maximum absolute atomic E-state index is 10.5. The summed E-state index contributed by atoms with van der Waals surface area (Å²) < 4.78 is 24.5. The first-order valence-electron chi connectivity index (χ1n) is 10.4. The van der Waals surface area contributed by atoms with Crippen molar-refractivity contribution in [3.8, 4) is 0 Å². The summed E-state index contributed by atoms with van der Waals surface area (Å²) in [5.74, 6) is 0. The molecule has 0 saturated carbocycles. The van der Waals surface area contributed by atoms with Gasteiger partial charge in [0.25, 0.3) is 0 Å². The van der Waals surface area contributed by atoms with E-state index in [1.165, 1.54) is 0 Å². The average Bonchev–Trinajstić information content (AvgIpc) is 2.70. The van der Waals surface area contributed by atoms with Gasteiger partial charge in [-0.25, -0.2) is 0 Å². The smallest absolute Gasteiger partial charge is 0.184 e. The molecule has 2 aliphatic heterocycles. The fourth-order valence-corrected chi connectivity index (χ4v) is 4.40. The zero-order valence-electron chi connectivity index (χ0n) is 17.9. The lowest BCUT2D eigenvalue weighted by Gasteiger charge is -2.47. The van der Waals surface area contributed by atoms with Crippen molar-refractivity contribution in [2.24, 2.45) is 0 Å². The maximum Gasteiger partial charge on any atom is 0.184 e. The molecule has 2 N–H and O–H groups in total. The fraction of sp³-hybridized carbons (Fsp3) is 0.500. The van der Waals surface area contributed by atoms with Crippen LogP contribution in [0.15, 0.2) is 36.4 Å². The van der Waals surface area contributed by atoms with Crippen molar-refractivity contribution in [1.82, 2.24) is 0 Å². The van der Waals surface area contributed by atoms with Crippen LogP contribution in [0, 0.1) is 27.7 Å². The van der Waals surface area contributed by atoms with Crippen LogP contribution in [0.5, 0.6) is 0 Å². The molecule has 2 saturated heterocycles. The Bertz CT molecular complexity index is 855. The van der Waals surface area contributed by atoms with Gasteiger partial charge in [0, 0.05) is 11.1 Å². The van der Waals surface area contributed by atoms with Gasteiger partial charge < -0.3 is 29.2 Å². The number of aryl methyl sites for hydroxylation is 4. The van der Waals surface area contributed by atoms with Crippen molar-refractivity contribution >= 4 is 0 Å². The summed E-state index contributed by atoms with van der Waals surface area (Å²) in [6.07, 6.45) is -4.05. The molecular formula is C24H30O6. The van der Waals surface area contributed by atoms with Crippen LogP contribution in [0.3, 0.4) is 0 Å². The Morgan fingerprint density at radius 3 is 1.87 bits per heavy atom. The molecule has 30 heavy (non-hydrogen) atoms. The van der Waals surface area contributed by atoms with Crippen molar-refractivity contribution in [2.45, 2.75) is 64.7 Å². The number of ether oxygens (including phenoxy) is 4. The number of benzene rings is 2. The monoisotopic (exact) mass is 414 g/mol. The Morgan fingerprint density at radius 2 is 1.33 bits per heavy atom. The second-order valence-electron chi connectivity index (χ2n) is 8.47. The van der Waals surface area contributed by atoms with E-state index >= 15 is 0 Å². The van der Waals surface area contributed by atoms with Crippen molar-refractivity contribution in [1.29, 1.82) is 0 Å². The molecule has 6 unspecified atom stereocenters. The summed E-state index contributed by atoms with van der Waals surface area (Å²) in [6, 6.07) is 12.2. The zero-order valence-corrected chi connectivity index (χ0v) is 17.9. The van der Waals surface area contributed by atoms with E-state index in [9.17, 15) is 10.2 Å². The predicted octanol–water partition coefficient (Wildman–Crippen LogP) is 3.17. The maximum atomic E-state index is 10.5. The van der Waals surface area contributed by atoms with Crippen molar-refractivity contribution in [2.75, 3.05) is 13.2 Å². The Hall–Kier alpha value is -1.80. The third-order valence-electron chi connectivity index (χ3n) is 5.56. The van der Waals surface area contributed by atoms with Gasteiger partial charge in [-0.1, -0.05) is 58.7 Å². The SMILES string of the molecule is Cc1cc(C)cc(C2OC3COC(c4cc(C)cc(C)c4)OC3C(C(O)CO)O2)c1. The number of aliphatic hydroxyl groups is 2. The first-order valence-corrected chi connectivity index (χ1v) is 10.4. The van der Waals surface area contributed by atoms with Crippen molar-refractivity contribution < 1.29 is 29.2 Å². The van der Waals surface area contributed by atoms with Crippen LogP contribution in [0.1, 0.15) is 46.0 Å². The summed E-state index contributed by atoms with van der Waals surface area (Å²) >= 11 is 0. The Morgan fingerprint density at radius 1 is 0.800 bits per heavy atom. The second-order valence-corrected chi connectivity index (χ2v) is 8.47. The third-order valence-corrected chi connectivity index (χ3v) is 5.56. The van der Waals surface area contributed by atoms with Crippen molar-refractivity contribution in [3.05, 3.63) is 69.8 Å². The molecule has 2 aromatic rings. The van der Waals surface area contributed by atoms with Gasteiger partial charge >= 0.3 is 0 Å². The lowest BCUT2D eigenvalue weighted by Crippen LogP contribution is -2.58. The van der Waals surface area contributed by atoms with E-state index in [1.807, 2.05) is 52.0 Å². The van der Waals surface area contributed by atoms with Crippen LogP contribution < -0.4 is 0 Å². The topological polar surface area (TPSA) is 77.4 Å². The summed E-state index contributed by atoms with van der Waals surface area (Å²) in [7, 11) is 0. The zero-order chi connectivity index (χ0) is 21.4. The standard InChI is InChI=1S/C24H30O6/c1-13-5-14(2)8-17(7-13)23-27-12-20-22(30-23)21(19(26)11-25)29-24(28-20)18-9-15(3)6-16(4)10-18/h5-10,19-26H,11-12H2,1-4H3. The van der Waals surface area contributed by atoms with Gasteiger partial charge in [-0.05, 0) is 27.7 Å². The minimum Gasteiger partial charge on any atom is -0.394 e. The molecule has 0 aliphatic carbocycles. The number of fused-ring (bicyclic) bond motifs is 1. The Balaban J connectivity index is 1.59. The van der Waals surface area contributed by atoms with E-state index < -0.39 is 43.6 Å². The average molecular weight is 414 g/mol. The molecule has 0 spiro atoms. The molecule has 0 amide bonds. The quantitative estimate of drug-likeness (QED) is 0.800. The number of hydrogen-bond donors (Lipinski definition) is 2. The minimum absolute atomic E-state index is 0.307. The summed E-state index contributed by atoms with van der Waals surface area (Å²) in [5.41, 5.74) is 6.24. The molecule has 4 rings (SSSR count). The second kappa shape index (κ2) is 8.75. The highest BCUT2D eigenvalue weighted by Crippen LogP contribution is 2.39. The Labute approximate surface area is 177 Å².